The van der Waals surface area contributed by atoms with Crippen molar-refractivity contribution in [2.75, 3.05) is 22.4 Å². The summed E-state index contributed by atoms with van der Waals surface area (Å²) < 4.78 is 67.0. The van der Waals surface area contributed by atoms with E-state index in [9.17, 15) is 26.4 Å². The molecule has 0 saturated carbocycles. The van der Waals surface area contributed by atoms with E-state index in [0.717, 1.165) is 30.5 Å². The molecule has 1 aromatic heterocycles. The first kappa shape index (κ1) is 18.8. The van der Waals surface area contributed by atoms with Crippen LogP contribution in [0.5, 0.6) is 0 Å². The average molecular weight is 377 g/mol. The highest BCUT2D eigenvalue weighted by Gasteiger charge is 2.31. The number of aromatic nitrogens is 1. The summed E-state index contributed by atoms with van der Waals surface area (Å²) >= 11 is 0. The standard InChI is InChI=1S/C14H14F3N3O4S/c1-9-7-12(19-24-9)18-13(21)8-20(25(2,22)23)11-5-3-10(4-6-11)14(15,16)17/h3-7H,8H2,1-2H3,(H,18,19,21). The fraction of sp³-hybridized carbons (Fsp3) is 0.286. The summed E-state index contributed by atoms with van der Waals surface area (Å²) in [6, 6.07) is 4.88. The number of sulfonamides is 1. The van der Waals surface area contributed by atoms with Crippen LogP contribution in [0.3, 0.4) is 0 Å². The van der Waals surface area contributed by atoms with Crippen LogP contribution in [-0.2, 0) is 21.0 Å². The van der Waals surface area contributed by atoms with E-state index in [0.29, 0.717) is 10.1 Å². The quantitative estimate of drug-likeness (QED) is 0.864. The van der Waals surface area contributed by atoms with Gasteiger partial charge in [-0.15, -0.1) is 0 Å². The lowest BCUT2D eigenvalue weighted by Crippen LogP contribution is -2.37. The van der Waals surface area contributed by atoms with E-state index in [1.54, 1.807) is 6.92 Å². The van der Waals surface area contributed by atoms with Gasteiger partial charge in [0.25, 0.3) is 0 Å². The molecule has 0 unspecified atom stereocenters. The van der Waals surface area contributed by atoms with Crippen molar-refractivity contribution in [3.8, 4) is 0 Å². The molecule has 0 aliphatic rings. The number of carbonyl (C=O) groups is 1. The first-order valence-corrected chi connectivity index (χ1v) is 8.70. The van der Waals surface area contributed by atoms with Crippen molar-refractivity contribution in [3.05, 3.63) is 41.7 Å². The summed E-state index contributed by atoms with van der Waals surface area (Å²) in [6.45, 7) is 0.976. The Hall–Kier alpha value is -2.56. The molecule has 0 fully saturated rings. The fourth-order valence-electron chi connectivity index (χ4n) is 1.95. The van der Waals surface area contributed by atoms with E-state index in [2.05, 4.69) is 10.5 Å². The molecule has 11 heteroatoms. The van der Waals surface area contributed by atoms with Gasteiger partial charge in [-0.05, 0) is 31.2 Å². The predicted molar refractivity (Wildman–Crippen MR) is 83.5 cm³/mol. The lowest BCUT2D eigenvalue weighted by molar-refractivity contribution is -0.137. The molecule has 1 N–H and O–H groups in total. The monoisotopic (exact) mass is 377 g/mol. The molecule has 2 rings (SSSR count). The Balaban J connectivity index is 2.20. The van der Waals surface area contributed by atoms with Crippen molar-refractivity contribution >= 4 is 27.4 Å². The number of rotatable bonds is 5. The van der Waals surface area contributed by atoms with Crippen LogP contribution in [0, 0.1) is 6.92 Å². The highest BCUT2D eigenvalue weighted by atomic mass is 32.2. The van der Waals surface area contributed by atoms with Crippen molar-refractivity contribution in [1.29, 1.82) is 0 Å². The summed E-state index contributed by atoms with van der Waals surface area (Å²) in [5, 5.41) is 5.88. The fourth-order valence-corrected chi connectivity index (χ4v) is 2.81. The number of halogens is 3. The second-order valence-electron chi connectivity index (χ2n) is 5.19. The average Bonchev–Trinajstić information content (AvgIpc) is 2.88. The van der Waals surface area contributed by atoms with E-state index in [1.165, 1.54) is 6.07 Å². The van der Waals surface area contributed by atoms with Gasteiger partial charge in [-0.3, -0.25) is 9.10 Å². The number of amides is 1. The third-order valence-electron chi connectivity index (χ3n) is 3.07. The molecule has 0 bridgehead atoms. The van der Waals surface area contributed by atoms with Crippen molar-refractivity contribution < 1.29 is 30.9 Å². The van der Waals surface area contributed by atoms with Gasteiger partial charge in [0.15, 0.2) is 5.82 Å². The van der Waals surface area contributed by atoms with E-state index in [4.69, 9.17) is 4.52 Å². The summed E-state index contributed by atoms with van der Waals surface area (Å²) in [7, 11) is -3.90. The van der Waals surface area contributed by atoms with Gasteiger partial charge in [0.05, 0.1) is 17.5 Å². The van der Waals surface area contributed by atoms with Gasteiger partial charge in [0.2, 0.25) is 15.9 Å². The molecule has 0 radical (unpaired) electrons. The van der Waals surface area contributed by atoms with Gasteiger partial charge >= 0.3 is 6.18 Å². The second kappa shape index (κ2) is 6.75. The Kier molecular flexibility index (Phi) is 5.07. The normalized spacial score (nSPS) is 12.0. The minimum Gasteiger partial charge on any atom is -0.360 e. The maximum atomic E-state index is 12.6. The summed E-state index contributed by atoms with van der Waals surface area (Å²) in [5.41, 5.74) is -0.991. The van der Waals surface area contributed by atoms with Gasteiger partial charge in [-0.2, -0.15) is 13.2 Å². The van der Waals surface area contributed by atoms with Crippen LogP contribution in [0.2, 0.25) is 0 Å². The van der Waals surface area contributed by atoms with Crippen LogP contribution in [0.1, 0.15) is 11.3 Å². The maximum absolute atomic E-state index is 12.6. The molecule has 2 aromatic rings. The number of nitrogens with zero attached hydrogens (tertiary/aromatic N) is 2. The van der Waals surface area contributed by atoms with Crippen molar-refractivity contribution in [3.63, 3.8) is 0 Å². The van der Waals surface area contributed by atoms with Gasteiger partial charge < -0.3 is 9.84 Å². The van der Waals surface area contributed by atoms with Crippen LogP contribution in [-0.4, -0.2) is 32.3 Å². The lowest BCUT2D eigenvalue weighted by Gasteiger charge is -2.22. The van der Waals surface area contributed by atoms with Crippen LogP contribution in [0.15, 0.2) is 34.9 Å². The van der Waals surface area contributed by atoms with Gasteiger partial charge in [0, 0.05) is 6.07 Å². The smallest absolute Gasteiger partial charge is 0.360 e. The summed E-state index contributed by atoms with van der Waals surface area (Å²) in [5.74, 6) is -0.181. The number of alkyl halides is 3. The third-order valence-corrected chi connectivity index (χ3v) is 4.21. The Labute approximate surface area is 141 Å². The van der Waals surface area contributed by atoms with Gasteiger partial charge in [-0.25, -0.2) is 8.42 Å². The van der Waals surface area contributed by atoms with E-state index in [-0.39, 0.29) is 11.5 Å². The number of hydrogen-bond donors (Lipinski definition) is 1. The zero-order chi connectivity index (χ0) is 18.8. The van der Waals surface area contributed by atoms with Crippen LogP contribution in [0.4, 0.5) is 24.7 Å². The molecular formula is C14H14F3N3O4S. The van der Waals surface area contributed by atoms with Crippen molar-refractivity contribution in [1.82, 2.24) is 5.16 Å². The second-order valence-corrected chi connectivity index (χ2v) is 7.09. The van der Waals surface area contributed by atoms with Gasteiger partial charge in [-0.1, -0.05) is 5.16 Å². The highest BCUT2D eigenvalue weighted by Crippen LogP contribution is 2.30. The molecule has 1 amide bonds. The minimum absolute atomic E-state index is 0.0676. The molecule has 1 aromatic carbocycles. The number of benzene rings is 1. The lowest BCUT2D eigenvalue weighted by atomic mass is 10.2. The number of carbonyl (C=O) groups excluding carboxylic acids is 1. The van der Waals surface area contributed by atoms with E-state index in [1.807, 2.05) is 0 Å². The summed E-state index contributed by atoms with van der Waals surface area (Å²) in [6.07, 6.45) is -3.70. The molecule has 0 saturated heterocycles. The molecule has 1 heterocycles. The Bertz CT molecular complexity index is 860. The van der Waals surface area contributed by atoms with E-state index < -0.39 is 34.2 Å². The van der Waals surface area contributed by atoms with Crippen LogP contribution >= 0.6 is 0 Å². The van der Waals surface area contributed by atoms with E-state index >= 15 is 0 Å². The Morgan fingerprint density at radius 1 is 1.28 bits per heavy atom. The molecule has 0 spiro atoms. The molecule has 7 nitrogen and oxygen atoms in total. The molecular weight excluding hydrogens is 363 g/mol. The Morgan fingerprint density at radius 3 is 2.32 bits per heavy atom. The third kappa shape index (κ3) is 4.95. The largest absolute Gasteiger partial charge is 0.416 e. The predicted octanol–water partition coefficient (Wildman–Crippen LogP) is 2.41. The van der Waals surface area contributed by atoms with Crippen LogP contribution < -0.4 is 9.62 Å². The maximum Gasteiger partial charge on any atom is 0.416 e. The molecule has 136 valence electrons. The molecule has 25 heavy (non-hydrogen) atoms. The number of nitrogens with one attached hydrogen (secondary N) is 1. The van der Waals surface area contributed by atoms with Gasteiger partial charge in [0.1, 0.15) is 12.3 Å². The summed E-state index contributed by atoms with van der Waals surface area (Å²) in [4.78, 5) is 12.0. The zero-order valence-corrected chi connectivity index (χ0v) is 14.0. The number of anilines is 2. The van der Waals surface area contributed by atoms with Crippen LogP contribution in [0.25, 0.3) is 0 Å². The highest BCUT2D eigenvalue weighted by molar-refractivity contribution is 7.92. The minimum atomic E-state index is -4.55. The first-order chi connectivity index (χ1) is 11.5. The zero-order valence-electron chi connectivity index (χ0n) is 13.2. The molecule has 0 atom stereocenters. The number of hydrogen-bond acceptors (Lipinski definition) is 5. The topological polar surface area (TPSA) is 92.5 Å². The van der Waals surface area contributed by atoms with Crippen molar-refractivity contribution in [2.24, 2.45) is 0 Å². The molecule has 0 aliphatic carbocycles. The molecule has 0 aliphatic heterocycles. The van der Waals surface area contributed by atoms with Crippen molar-refractivity contribution in [2.45, 2.75) is 13.1 Å². The Morgan fingerprint density at radius 2 is 1.88 bits per heavy atom. The number of aryl methyl sites for hydroxylation is 1. The SMILES string of the molecule is Cc1cc(NC(=O)CN(c2ccc(C(F)(F)F)cc2)S(C)(=O)=O)no1. The first-order valence-electron chi connectivity index (χ1n) is 6.85.